The second kappa shape index (κ2) is 7.30. The molecule has 5 nitrogen and oxygen atoms in total. The Hall–Kier alpha value is -1.95. The van der Waals surface area contributed by atoms with Crippen LogP contribution in [0.4, 0.5) is 0 Å². The van der Waals surface area contributed by atoms with Crippen LogP contribution in [0.5, 0.6) is 0 Å². The Morgan fingerprint density at radius 3 is 2.75 bits per heavy atom. The Morgan fingerprint density at radius 1 is 1.29 bits per heavy atom. The first kappa shape index (κ1) is 16.9. The summed E-state index contributed by atoms with van der Waals surface area (Å²) < 4.78 is 1.86. The number of rotatable bonds is 4. The number of aromatic amines is 1. The van der Waals surface area contributed by atoms with Crippen molar-refractivity contribution in [2.45, 2.75) is 51.1 Å². The molecule has 1 N–H and O–H groups in total. The number of carbonyl (C=O) groups is 1. The smallest absolute Gasteiger partial charge is 0.262 e. The lowest BCUT2D eigenvalue weighted by Crippen LogP contribution is -2.39. The van der Waals surface area contributed by atoms with Crippen molar-refractivity contribution in [3.63, 3.8) is 0 Å². The lowest BCUT2D eigenvalue weighted by molar-refractivity contribution is -0.132. The zero-order valence-electron chi connectivity index (χ0n) is 14.0. The number of aromatic nitrogens is 2. The van der Waals surface area contributed by atoms with Crippen LogP contribution in [0.3, 0.4) is 0 Å². The van der Waals surface area contributed by atoms with Crippen molar-refractivity contribution in [1.29, 1.82) is 0 Å². The summed E-state index contributed by atoms with van der Waals surface area (Å²) in [5.41, 5.74) is 0.594. The predicted octanol–water partition coefficient (Wildman–Crippen LogP) is 3.24. The Kier molecular flexibility index (Phi) is 5.14. The van der Waals surface area contributed by atoms with Crippen LogP contribution < -0.4 is 5.56 Å². The number of H-pyrrole nitrogens is 1. The van der Waals surface area contributed by atoms with Crippen LogP contribution in [0.25, 0.3) is 10.9 Å². The molecule has 128 valence electrons. The maximum absolute atomic E-state index is 12.6. The maximum Gasteiger partial charge on any atom is 0.262 e. The second-order valence-electron chi connectivity index (χ2n) is 6.48. The maximum atomic E-state index is 12.6. The summed E-state index contributed by atoms with van der Waals surface area (Å²) in [4.78, 5) is 30.0. The molecule has 1 fully saturated rings. The van der Waals surface area contributed by atoms with Gasteiger partial charge >= 0.3 is 0 Å². The summed E-state index contributed by atoms with van der Waals surface area (Å²) in [5, 5.41) is 0.596. The van der Waals surface area contributed by atoms with Gasteiger partial charge in [-0.25, -0.2) is 0 Å². The number of carbonyl (C=O) groups excluding carboxylic acids is 1. The highest BCUT2D eigenvalue weighted by atomic mass is 32.1. The van der Waals surface area contributed by atoms with Crippen molar-refractivity contribution in [2.24, 2.45) is 0 Å². The van der Waals surface area contributed by atoms with Gasteiger partial charge in [0.05, 0.1) is 10.9 Å². The van der Waals surface area contributed by atoms with E-state index in [-0.39, 0.29) is 11.5 Å². The summed E-state index contributed by atoms with van der Waals surface area (Å²) in [5.74, 6) is 0.0800. The van der Waals surface area contributed by atoms with Gasteiger partial charge in [-0.2, -0.15) is 0 Å². The molecule has 0 unspecified atom stereocenters. The Balaban J connectivity index is 1.74. The molecule has 0 spiro atoms. The van der Waals surface area contributed by atoms with Gasteiger partial charge in [0.25, 0.3) is 5.56 Å². The van der Waals surface area contributed by atoms with E-state index < -0.39 is 0 Å². The summed E-state index contributed by atoms with van der Waals surface area (Å²) in [7, 11) is 1.88. The first-order valence-electron chi connectivity index (χ1n) is 8.55. The van der Waals surface area contributed by atoms with Gasteiger partial charge < -0.3 is 9.88 Å². The quantitative estimate of drug-likeness (QED) is 0.866. The monoisotopic (exact) mass is 345 g/mol. The zero-order valence-corrected chi connectivity index (χ0v) is 14.8. The van der Waals surface area contributed by atoms with E-state index in [0.29, 0.717) is 29.2 Å². The first-order valence-corrected chi connectivity index (χ1v) is 8.96. The van der Waals surface area contributed by atoms with E-state index in [1.807, 2.05) is 30.1 Å². The van der Waals surface area contributed by atoms with Crippen LogP contribution in [0, 0.1) is 4.77 Å². The molecule has 0 radical (unpaired) electrons. The molecule has 1 amide bonds. The van der Waals surface area contributed by atoms with E-state index in [2.05, 4.69) is 4.98 Å². The first-order chi connectivity index (χ1) is 11.6. The molecule has 1 saturated carbocycles. The molecule has 24 heavy (non-hydrogen) atoms. The van der Waals surface area contributed by atoms with Crippen LogP contribution in [0.2, 0.25) is 0 Å². The largest absolute Gasteiger partial charge is 0.343 e. The number of nitrogens with one attached hydrogen (secondary N) is 1. The van der Waals surface area contributed by atoms with Crippen LogP contribution in [0.15, 0.2) is 29.1 Å². The van der Waals surface area contributed by atoms with E-state index in [1.54, 1.807) is 6.07 Å². The Morgan fingerprint density at radius 2 is 2.00 bits per heavy atom. The highest BCUT2D eigenvalue weighted by molar-refractivity contribution is 7.71. The number of fused-ring (bicyclic) bond motifs is 1. The van der Waals surface area contributed by atoms with E-state index in [0.717, 1.165) is 18.4 Å². The molecular weight excluding hydrogens is 322 g/mol. The Bertz CT molecular complexity index is 849. The molecule has 0 saturated heterocycles. The summed E-state index contributed by atoms with van der Waals surface area (Å²) in [6.07, 6.45) is 6.11. The standard InChI is InChI=1S/C18H23N3O2S/c1-20(13-7-3-2-4-8-13)16(22)11-12-21-17(23)14-9-5-6-10-15(14)19-18(21)24/h5-6,9-10,13H,2-4,7-8,11-12H2,1H3,(H,19,24). The van der Waals surface area contributed by atoms with Crippen LogP contribution in [0.1, 0.15) is 38.5 Å². The minimum atomic E-state index is -0.137. The minimum Gasteiger partial charge on any atom is -0.343 e. The molecule has 1 aliphatic carbocycles. The number of hydrogen-bond acceptors (Lipinski definition) is 3. The highest BCUT2D eigenvalue weighted by Gasteiger charge is 2.21. The van der Waals surface area contributed by atoms with Gasteiger partial charge in [0.15, 0.2) is 4.77 Å². The molecule has 1 aromatic heterocycles. The van der Waals surface area contributed by atoms with Crippen molar-refractivity contribution in [3.8, 4) is 0 Å². The molecule has 1 heterocycles. The van der Waals surface area contributed by atoms with Crippen molar-refractivity contribution in [2.75, 3.05) is 7.05 Å². The van der Waals surface area contributed by atoms with Gasteiger partial charge in [0.1, 0.15) is 0 Å². The SMILES string of the molecule is CN(C(=O)CCn1c(=S)[nH]c2ccccc2c1=O)C1CCCCC1. The average molecular weight is 345 g/mol. The van der Waals surface area contributed by atoms with Gasteiger partial charge in [-0.15, -0.1) is 0 Å². The second-order valence-corrected chi connectivity index (χ2v) is 6.87. The third-order valence-corrected chi connectivity index (χ3v) is 5.28. The van der Waals surface area contributed by atoms with Crippen molar-refractivity contribution in [1.82, 2.24) is 14.5 Å². The minimum absolute atomic E-state index is 0.0800. The number of amides is 1. The molecular formula is C18H23N3O2S. The van der Waals surface area contributed by atoms with E-state index in [4.69, 9.17) is 12.2 Å². The summed E-state index contributed by atoms with van der Waals surface area (Å²) in [6, 6.07) is 7.63. The predicted molar refractivity (Wildman–Crippen MR) is 97.7 cm³/mol. The molecule has 0 atom stereocenters. The fourth-order valence-electron chi connectivity index (χ4n) is 3.46. The summed E-state index contributed by atoms with van der Waals surface area (Å²) >= 11 is 5.29. The van der Waals surface area contributed by atoms with Crippen molar-refractivity contribution in [3.05, 3.63) is 39.4 Å². The van der Waals surface area contributed by atoms with Crippen LogP contribution >= 0.6 is 12.2 Å². The molecule has 6 heteroatoms. The average Bonchev–Trinajstić information content (AvgIpc) is 2.61. The van der Waals surface area contributed by atoms with Gasteiger partial charge in [0, 0.05) is 26.1 Å². The van der Waals surface area contributed by atoms with Crippen molar-refractivity contribution < 1.29 is 4.79 Å². The normalized spacial score (nSPS) is 15.5. The van der Waals surface area contributed by atoms with Gasteiger partial charge in [0.2, 0.25) is 5.91 Å². The number of para-hydroxylation sites is 1. The van der Waals surface area contributed by atoms with Gasteiger partial charge in [-0.05, 0) is 37.2 Å². The molecule has 0 aliphatic heterocycles. The zero-order chi connectivity index (χ0) is 17.1. The van der Waals surface area contributed by atoms with Gasteiger partial charge in [-0.3, -0.25) is 14.2 Å². The highest BCUT2D eigenvalue weighted by Crippen LogP contribution is 2.22. The molecule has 1 aromatic carbocycles. The Labute approximate surface area is 146 Å². The lowest BCUT2D eigenvalue weighted by atomic mass is 9.94. The fraction of sp³-hybridized carbons (Fsp3) is 0.500. The van der Waals surface area contributed by atoms with E-state index in [1.165, 1.54) is 23.8 Å². The molecule has 1 aliphatic rings. The number of benzene rings is 1. The number of nitrogens with zero attached hydrogens (tertiary/aromatic N) is 2. The van der Waals surface area contributed by atoms with Crippen LogP contribution in [-0.2, 0) is 11.3 Å². The van der Waals surface area contributed by atoms with Crippen molar-refractivity contribution >= 4 is 29.0 Å². The van der Waals surface area contributed by atoms with Crippen LogP contribution in [-0.4, -0.2) is 33.4 Å². The lowest BCUT2D eigenvalue weighted by Gasteiger charge is -2.31. The fourth-order valence-corrected chi connectivity index (χ4v) is 3.74. The van der Waals surface area contributed by atoms with Gasteiger partial charge in [-0.1, -0.05) is 31.4 Å². The third kappa shape index (κ3) is 3.43. The topological polar surface area (TPSA) is 58.1 Å². The number of hydrogen-bond donors (Lipinski definition) is 1. The molecule has 0 bridgehead atoms. The third-order valence-electron chi connectivity index (χ3n) is 4.95. The molecule has 3 rings (SSSR count). The molecule has 2 aromatic rings. The summed E-state index contributed by atoms with van der Waals surface area (Å²) in [6.45, 7) is 0.314. The van der Waals surface area contributed by atoms with E-state index >= 15 is 0 Å². The van der Waals surface area contributed by atoms with E-state index in [9.17, 15) is 9.59 Å².